The number of amides is 1. The highest BCUT2D eigenvalue weighted by molar-refractivity contribution is 5.61. The van der Waals surface area contributed by atoms with E-state index in [0.29, 0.717) is 25.9 Å². The Morgan fingerprint density at radius 2 is 0.511 bits per heavy atom. The van der Waals surface area contributed by atoms with Gasteiger partial charge in [0.15, 0.2) is 44.0 Å². The quantitative estimate of drug-likeness (QED) is 0.0677. The monoisotopic (exact) mass is 1310 g/mol. The Balaban J connectivity index is 0.0000110. The topological polar surface area (TPSA) is 580 Å². The standard InChI is InChI=1S/C50H86N2O35.ClH/c1-15(59)52-7-5-3-2-4-6-51-8-16-37-23(60)30(67)44(74-16)82-38-17(9-53)76-46(32(69)25(38)62)84-40-19(11-55)78-48(34(71)27(40)64)86-42-21(13-57)80-50(36(73)29(42)66)87-43-22(14-58)79-49(35(72)28(43)65)85-41-20(12-56)77-47(33(70)26(41)63)83-39-18(10-54)75-45(81-37)31(68)24(39)61;/h16-51,53-58,60-73H,2-14H2,1H3,(H,52,59);1H/t16-,17-,18-,19-,20-,21-,22-,23-,24-,25-,26-,27-,28-,29-,30-,31-,32-,33-,34-,35-,36-,37-,38-,39-,40-,41-,42-,43-,44-,45-,46-,47-,48-,49-,50-;/m1./s1. The van der Waals surface area contributed by atoms with Crippen LogP contribution in [0.4, 0.5) is 0 Å². The molecule has 0 aromatic heterocycles. The van der Waals surface area contributed by atoms with E-state index in [1.165, 1.54) is 6.92 Å². The lowest BCUT2D eigenvalue weighted by Gasteiger charge is -2.50. The number of carbonyl (C=O) groups excluding carboxylic acids is 1. The Kier molecular flexibility index (Phi) is 27.9. The van der Waals surface area contributed by atoms with Crippen molar-refractivity contribution < 1.29 is 191 Å². The number of ether oxygens (including phenoxy) is 14. The van der Waals surface area contributed by atoms with Crippen LogP contribution in [0.1, 0.15) is 32.6 Å². The van der Waals surface area contributed by atoms with Crippen molar-refractivity contribution in [3.05, 3.63) is 0 Å². The van der Waals surface area contributed by atoms with Crippen LogP contribution in [0.15, 0.2) is 0 Å². The molecule has 21 heterocycles. The first-order valence-corrected chi connectivity index (χ1v) is 28.9. The minimum Gasteiger partial charge on any atom is -1.00 e. The van der Waals surface area contributed by atoms with Crippen molar-refractivity contribution in [3.63, 3.8) is 0 Å². The van der Waals surface area contributed by atoms with E-state index in [2.05, 4.69) is 5.32 Å². The maximum Gasteiger partial charge on any atom is 0.307 e. The molecule has 88 heavy (non-hydrogen) atoms. The van der Waals surface area contributed by atoms with Crippen molar-refractivity contribution in [1.82, 2.24) is 5.32 Å². The Bertz CT molecular complexity index is 2080. The van der Waals surface area contributed by atoms with E-state index >= 15 is 0 Å². The fourth-order valence-electron chi connectivity index (χ4n) is 11.7. The summed E-state index contributed by atoms with van der Waals surface area (Å²) in [6.45, 7) is -4.10. The molecule has 21 saturated heterocycles. The normalized spacial score (nSPS) is 49.8. The van der Waals surface area contributed by atoms with E-state index in [4.69, 9.17) is 66.3 Å². The molecule has 14 bridgehead atoms. The molecule has 0 spiro atoms. The molecule has 0 aliphatic carbocycles. The average molecular weight is 1310 g/mol. The predicted molar refractivity (Wildman–Crippen MR) is 270 cm³/mol. The summed E-state index contributed by atoms with van der Waals surface area (Å²) >= 11 is 0. The van der Waals surface area contributed by atoms with Gasteiger partial charge in [0.05, 0.1) is 53.1 Å². The van der Waals surface area contributed by atoms with E-state index in [1.54, 1.807) is 5.32 Å². The molecule has 0 aromatic rings. The number of aliphatic hydroxyl groups excluding tert-OH is 20. The van der Waals surface area contributed by atoms with E-state index in [-0.39, 0.29) is 24.9 Å². The summed E-state index contributed by atoms with van der Waals surface area (Å²) in [5.74, 6) is -0.0535. The summed E-state index contributed by atoms with van der Waals surface area (Å²) in [4.78, 5) is 11.3. The molecule has 514 valence electrons. The van der Waals surface area contributed by atoms with Crippen molar-refractivity contribution in [2.75, 3.05) is 59.3 Å². The molecule has 37 nitrogen and oxygen atoms in total. The van der Waals surface area contributed by atoms with Gasteiger partial charge in [0.2, 0.25) is 0 Å². The number of halogens is 1. The summed E-state index contributed by atoms with van der Waals surface area (Å²) in [7, 11) is 0. The first-order valence-electron chi connectivity index (χ1n) is 28.9. The fourth-order valence-corrected chi connectivity index (χ4v) is 11.7. The summed E-state index contributed by atoms with van der Waals surface area (Å²) < 4.78 is 81.4. The maximum atomic E-state index is 11.8. The van der Waals surface area contributed by atoms with Gasteiger partial charge >= 0.3 is 5.91 Å². The molecule has 23 N–H and O–H groups in total. The van der Waals surface area contributed by atoms with Gasteiger partial charge in [-0.3, -0.25) is 5.32 Å². The molecular formula is C50H87ClN2O35. The third kappa shape index (κ3) is 16.2. The third-order valence-corrected chi connectivity index (χ3v) is 16.7. The van der Waals surface area contributed by atoms with Crippen LogP contribution in [-0.4, -0.2) is 382 Å². The van der Waals surface area contributed by atoms with Gasteiger partial charge < -0.3 is 186 Å². The first kappa shape index (κ1) is 73.9. The van der Waals surface area contributed by atoms with E-state index in [1.807, 2.05) is 0 Å². The minimum atomic E-state index is -2.21. The molecular weight excluding hydrogens is 1220 g/mol. The lowest BCUT2D eigenvalue weighted by molar-refractivity contribution is -0.567. The van der Waals surface area contributed by atoms with Crippen molar-refractivity contribution in [2.24, 2.45) is 0 Å². The largest absolute Gasteiger partial charge is 1.00 e. The second kappa shape index (κ2) is 33.3. The molecule has 35 atom stereocenters. The van der Waals surface area contributed by atoms with Gasteiger partial charge in [0, 0.05) is 6.54 Å². The van der Waals surface area contributed by atoms with Gasteiger partial charge in [-0.15, -0.1) is 0 Å². The highest BCUT2D eigenvalue weighted by Gasteiger charge is 2.59. The van der Waals surface area contributed by atoms with Gasteiger partial charge in [-0.05, 0) is 25.8 Å². The number of carbonyl (C=O) groups is 1. The molecule has 0 unspecified atom stereocenters. The number of primary amides is 1. The highest BCUT2D eigenvalue weighted by Crippen LogP contribution is 2.39. The number of nitrogens with two attached hydrogens (primary N) is 1. The molecule has 21 aliphatic rings. The second-order valence-electron chi connectivity index (χ2n) is 22.7. The molecule has 0 radical (unpaired) electrons. The zero-order valence-electron chi connectivity index (χ0n) is 47.4. The number of hydrogen-bond donors (Lipinski definition) is 22. The van der Waals surface area contributed by atoms with E-state index < -0.39 is 255 Å². The molecule has 0 aromatic carbocycles. The minimum absolute atomic E-state index is 0. The molecule has 21 fully saturated rings. The van der Waals surface area contributed by atoms with Gasteiger partial charge in [0.1, 0.15) is 171 Å². The van der Waals surface area contributed by atoms with Gasteiger partial charge in [-0.25, -0.2) is 4.79 Å². The van der Waals surface area contributed by atoms with Gasteiger partial charge in [-0.2, -0.15) is 0 Å². The van der Waals surface area contributed by atoms with E-state index in [0.717, 1.165) is 12.8 Å². The fraction of sp³-hybridized carbons (Fsp3) is 0.980. The SMILES string of the molecule is CC(=O)[NH2+]CCCCCCNC[C@H]1O[C@@H]2O[C@H]3[C@H](O)[C@@H](O)[C@@H](O[C@H]4[C@H](O)[C@@H](O)[C@@H](O[C@H]5[C@H](O)[C@@H](O)[C@@H](O[C@H]6[C@H](O)[C@@H](O)[C@@H](O[C@H]7[C@H](O)[C@@H](O)[C@@H](O[C@H]8[C@H](O)[C@@H](O)[C@@H](O[C@H]1[C@H](O)[C@H]2O)O[C@@H]8CO)O[C@@H]7CO)O[C@@H]6CO)O[C@@H]5CO)O[C@@H]4CO)O[C@@H]3CO.[Cl-]. The number of hydrogen-bond acceptors (Lipinski definition) is 36. The number of rotatable bonds is 15. The maximum absolute atomic E-state index is 11.8. The number of aliphatic hydroxyl groups is 20. The Morgan fingerprint density at radius 1 is 0.307 bits per heavy atom. The Morgan fingerprint density at radius 3 is 0.727 bits per heavy atom. The van der Waals surface area contributed by atoms with E-state index in [9.17, 15) is 107 Å². The van der Waals surface area contributed by atoms with Crippen LogP contribution in [0.2, 0.25) is 0 Å². The number of nitrogens with one attached hydrogen (secondary N) is 1. The summed E-state index contributed by atoms with van der Waals surface area (Å²) in [5, 5.41) is 228. The van der Waals surface area contributed by atoms with Crippen LogP contribution in [0.5, 0.6) is 0 Å². The summed E-state index contributed by atoms with van der Waals surface area (Å²) in [6.07, 6.45) is -66.5. The highest BCUT2D eigenvalue weighted by atomic mass is 35.5. The third-order valence-electron chi connectivity index (χ3n) is 16.7. The van der Waals surface area contributed by atoms with Crippen LogP contribution < -0.4 is 23.0 Å². The zero-order valence-corrected chi connectivity index (χ0v) is 48.2. The zero-order chi connectivity index (χ0) is 63.3. The molecule has 21 aliphatic heterocycles. The molecule has 1 amide bonds. The Hall–Kier alpha value is -1.48. The number of quaternary nitrogens is 1. The van der Waals surface area contributed by atoms with Crippen LogP contribution >= 0.6 is 0 Å². The lowest BCUT2D eigenvalue weighted by Crippen LogP contribution is -3.00. The smallest absolute Gasteiger partial charge is 0.307 e. The average Bonchev–Trinajstić information content (AvgIpc) is 1.52. The second-order valence-corrected chi connectivity index (χ2v) is 22.7. The number of unbranched alkanes of at least 4 members (excludes halogenated alkanes) is 3. The van der Waals surface area contributed by atoms with Crippen molar-refractivity contribution in [2.45, 2.75) is 248 Å². The molecule has 0 saturated carbocycles. The summed E-state index contributed by atoms with van der Waals surface area (Å²) in [5.41, 5.74) is 0. The van der Waals surface area contributed by atoms with Crippen molar-refractivity contribution in [3.8, 4) is 0 Å². The molecule has 21 rings (SSSR count). The predicted octanol–water partition coefficient (Wildman–Crippen LogP) is -18.0. The Labute approximate surface area is 507 Å². The van der Waals surface area contributed by atoms with Crippen LogP contribution in [0, 0.1) is 0 Å². The first-order chi connectivity index (χ1) is 41.5. The van der Waals surface area contributed by atoms with Crippen LogP contribution in [-0.2, 0) is 71.1 Å². The van der Waals surface area contributed by atoms with Crippen LogP contribution in [0.25, 0.3) is 0 Å². The lowest BCUT2D eigenvalue weighted by atomic mass is 9.95. The van der Waals surface area contributed by atoms with Crippen molar-refractivity contribution >= 4 is 5.91 Å². The summed E-state index contributed by atoms with van der Waals surface area (Å²) in [6, 6.07) is 0. The van der Waals surface area contributed by atoms with Crippen LogP contribution in [0.3, 0.4) is 0 Å². The van der Waals surface area contributed by atoms with Crippen molar-refractivity contribution in [1.29, 1.82) is 0 Å². The van der Waals surface area contributed by atoms with Gasteiger partial charge in [0.25, 0.3) is 0 Å². The van der Waals surface area contributed by atoms with Gasteiger partial charge in [-0.1, -0.05) is 6.42 Å². The molecule has 38 heteroatoms.